The summed E-state index contributed by atoms with van der Waals surface area (Å²) in [6.45, 7) is 7.95. The molecule has 3 aromatic rings. The molecule has 0 radical (unpaired) electrons. The molecule has 0 unspecified atom stereocenters. The first-order valence-corrected chi connectivity index (χ1v) is 10.2. The highest BCUT2D eigenvalue weighted by Crippen LogP contribution is 2.26. The molecule has 0 aliphatic rings. The van der Waals surface area contributed by atoms with Gasteiger partial charge in [0.1, 0.15) is 19.3 Å². The van der Waals surface area contributed by atoms with Crippen molar-refractivity contribution in [1.82, 2.24) is 4.98 Å². The predicted octanol–water partition coefficient (Wildman–Crippen LogP) is 4.24. The number of nitrogens with zero attached hydrogens (tertiary/aromatic N) is 3. The molecule has 3 rings (SSSR count). The molecule has 9 heteroatoms. The fraction of sp³-hybridized carbons (Fsp3) is 0.217. The smallest absolute Gasteiger partial charge is 0.232 e. The van der Waals surface area contributed by atoms with Gasteiger partial charge in [0.2, 0.25) is 5.91 Å². The van der Waals surface area contributed by atoms with Crippen LogP contribution >= 0.6 is 11.3 Å². The number of nitroso groups, excluding NO2 is 1. The molecular weight excluding hydrogens is 428 g/mol. The summed E-state index contributed by atoms with van der Waals surface area (Å²) in [7, 11) is 3.26. The van der Waals surface area contributed by atoms with Gasteiger partial charge in [-0.15, -0.1) is 16.2 Å². The standard InChI is InChI=1S/C20H19N3O2S.CH5N.2CH2O/c1-13-14(2)26-20(21-13)23(3)19(24)11-15-7-9-16(10-8-15)17-5-4-6-18(12-17)22-25;3*1-2/h4-10,12H,11H2,1-3H3;2H2,1H3;2*1H2. The third kappa shape index (κ3) is 7.93. The van der Waals surface area contributed by atoms with Gasteiger partial charge in [-0.1, -0.05) is 36.4 Å². The minimum absolute atomic E-state index is 0.00125. The summed E-state index contributed by atoms with van der Waals surface area (Å²) in [5, 5.41) is 3.69. The van der Waals surface area contributed by atoms with E-state index < -0.39 is 0 Å². The first kappa shape index (κ1) is 28.4. The Hall–Kier alpha value is -3.56. The molecule has 1 heterocycles. The monoisotopic (exact) mass is 456 g/mol. The van der Waals surface area contributed by atoms with Crippen LogP contribution in [0.5, 0.6) is 0 Å². The highest BCUT2D eigenvalue weighted by atomic mass is 32.1. The Balaban J connectivity index is 0.00000148. The number of rotatable bonds is 5. The molecule has 8 nitrogen and oxygen atoms in total. The third-order valence-corrected chi connectivity index (χ3v) is 5.42. The van der Waals surface area contributed by atoms with Crippen molar-refractivity contribution < 1.29 is 14.4 Å². The Bertz CT molecular complexity index is 968. The zero-order valence-electron chi connectivity index (χ0n) is 18.7. The van der Waals surface area contributed by atoms with Crippen LogP contribution in [0.3, 0.4) is 0 Å². The van der Waals surface area contributed by atoms with E-state index in [-0.39, 0.29) is 5.91 Å². The number of amides is 1. The van der Waals surface area contributed by atoms with Crippen LogP contribution in [0.4, 0.5) is 10.8 Å². The summed E-state index contributed by atoms with van der Waals surface area (Å²) in [6, 6.07) is 14.9. The average molecular weight is 457 g/mol. The van der Waals surface area contributed by atoms with Crippen molar-refractivity contribution in [2.75, 3.05) is 19.0 Å². The molecule has 170 valence electrons. The number of thiazole rings is 1. The Kier molecular flexibility index (Phi) is 13.6. The molecule has 32 heavy (non-hydrogen) atoms. The van der Waals surface area contributed by atoms with Crippen LogP contribution in [0.1, 0.15) is 16.1 Å². The molecule has 0 aliphatic carbocycles. The number of aromatic nitrogens is 1. The maximum Gasteiger partial charge on any atom is 0.232 e. The Morgan fingerprint density at radius 1 is 1.03 bits per heavy atom. The van der Waals surface area contributed by atoms with E-state index in [0.29, 0.717) is 12.1 Å². The lowest BCUT2D eigenvalue weighted by Crippen LogP contribution is -2.27. The summed E-state index contributed by atoms with van der Waals surface area (Å²) < 4.78 is 0. The minimum atomic E-state index is -0.00125. The molecular formula is C23H28N4O4S. The largest absolute Gasteiger partial charge is 0.333 e. The Labute approximate surface area is 192 Å². The maximum absolute atomic E-state index is 12.5. The van der Waals surface area contributed by atoms with Crippen LogP contribution in [-0.4, -0.2) is 38.6 Å². The zero-order valence-corrected chi connectivity index (χ0v) is 19.5. The second-order valence-corrected chi connectivity index (χ2v) is 7.29. The van der Waals surface area contributed by atoms with E-state index in [9.17, 15) is 9.70 Å². The van der Waals surface area contributed by atoms with Crippen molar-refractivity contribution in [3.63, 3.8) is 0 Å². The molecule has 2 aromatic carbocycles. The van der Waals surface area contributed by atoms with Crippen molar-refractivity contribution in [1.29, 1.82) is 0 Å². The van der Waals surface area contributed by atoms with Crippen molar-refractivity contribution in [3.05, 3.63) is 69.6 Å². The van der Waals surface area contributed by atoms with Crippen molar-refractivity contribution in [2.45, 2.75) is 20.3 Å². The molecule has 1 amide bonds. The molecule has 0 saturated carbocycles. The highest BCUT2D eigenvalue weighted by Gasteiger charge is 2.16. The van der Waals surface area contributed by atoms with E-state index in [2.05, 4.69) is 15.9 Å². The number of aryl methyl sites for hydroxylation is 2. The average Bonchev–Trinajstić information content (AvgIpc) is 3.20. The van der Waals surface area contributed by atoms with Gasteiger partial charge in [-0.25, -0.2) is 4.98 Å². The van der Waals surface area contributed by atoms with E-state index in [4.69, 9.17) is 9.59 Å². The quantitative estimate of drug-likeness (QED) is 0.573. The third-order valence-electron chi connectivity index (χ3n) is 4.27. The van der Waals surface area contributed by atoms with E-state index >= 15 is 0 Å². The molecule has 0 saturated heterocycles. The van der Waals surface area contributed by atoms with Gasteiger partial charge in [0.15, 0.2) is 5.13 Å². The van der Waals surface area contributed by atoms with Crippen LogP contribution in [0.25, 0.3) is 11.1 Å². The fourth-order valence-electron chi connectivity index (χ4n) is 2.56. The number of hydrogen-bond donors (Lipinski definition) is 1. The predicted molar refractivity (Wildman–Crippen MR) is 130 cm³/mol. The van der Waals surface area contributed by atoms with Gasteiger partial charge in [-0.2, -0.15) is 0 Å². The normalized spacial score (nSPS) is 9.03. The van der Waals surface area contributed by atoms with E-state index in [1.165, 1.54) is 18.4 Å². The molecule has 0 bridgehead atoms. The molecule has 1 aromatic heterocycles. The maximum atomic E-state index is 12.5. The second-order valence-electron chi connectivity index (χ2n) is 6.11. The Morgan fingerprint density at radius 3 is 2.12 bits per heavy atom. The van der Waals surface area contributed by atoms with Crippen LogP contribution in [-0.2, 0) is 20.8 Å². The van der Waals surface area contributed by atoms with Crippen molar-refractivity contribution >= 4 is 41.6 Å². The summed E-state index contributed by atoms with van der Waals surface area (Å²) >= 11 is 1.52. The fourth-order valence-corrected chi connectivity index (χ4v) is 3.44. The van der Waals surface area contributed by atoms with E-state index in [0.717, 1.165) is 32.4 Å². The second kappa shape index (κ2) is 15.3. The van der Waals surface area contributed by atoms with Crippen LogP contribution in [0, 0.1) is 18.8 Å². The number of hydrogen-bond acceptors (Lipinski definition) is 8. The van der Waals surface area contributed by atoms with Crippen LogP contribution in [0.2, 0.25) is 0 Å². The molecule has 0 aliphatic heterocycles. The highest BCUT2D eigenvalue weighted by molar-refractivity contribution is 7.15. The molecule has 0 atom stereocenters. The van der Waals surface area contributed by atoms with Gasteiger partial charge in [0.05, 0.1) is 12.1 Å². The topological polar surface area (TPSA) is 123 Å². The molecule has 2 N–H and O–H groups in total. The summed E-state index contributed by atoms with van der Waals surface area (Å²) in [5.41, 5.74) is 8.69. The molecule has 0 fully saturated rings. The lowest BCUT2D eigenvalue weighted by molar-refractivity contribution is -0.117. The zero-order chi connectivity index (χ0) is 24.7. The summed E-state index contributed by atoms with van der Waals surface area (Å²) in [4.78, 5) is 46.4. The van der Waals surface area contributed by atoms with Crippen LogP contribution in [0.15, 0.2) is 53.7 Å². The van der Waals surface area contributed by atoms with Gasteiger partial charge in [0, 0.05) is 11.9 Å². The Morgan fingerprint density at radius 2 is 1.62 bits per heavy atom. The number of benzene rings is 2. The molecule has 0 spiro atoms. The van der Waals surface area contributed by atoms with Gasteiger partial charge >= 0.3 is 0 Å². The summed E-state index contributed by atoms with van der Waals surface area (Å²) in [5.74, 6) is -0.00125. The van der Waals surface area contributed by atoms with Crippen molar-refractivity contribution in [3.8, 4) is 11.1 Å². The van der Waals surface area contributed by atoms with E-state index in [1.54, 1.807) is 30.1 Å². The number of carbonyl (C=O) groups excluding carboxylic acids is 3. The number of anilines is 1. The van der Waals surface area contributed by atoms with Gasteiger partial charge < -0.3 is 15.3 Å². The summed E-state index contributed by atoms with van der Waals surface area (Å²) in [6.07, 6.45) is 0.310. The lowest BCUT2D eigenvalue weighted by Gasteiger charge is -2.14. The number of likely N-dealkylation sites (N-methyl/N-ethyl adjacent to an activating group) is 1. The number of carbonyl (C=O) groups is 3. The van der Waals surface area contributed by atoms with Crippen LogP contribution < -0.4 is 10.6 Å². The first-order chi connectivity index (χ1) is 15.5. The lowest BCUT2D eigenvalue weighted by atomic mass is 10.0. The van der Waals surface area contributed by atoms with Gasteiger partial charge in [0.25, 0.3) is 0 Å². The van der Waals surface area contributed by atoms with E-state index in [1.807, 2.05) is 57.8 Å². The van der Waals surface area contributed by atoms with Gasteiger partial charge in [-0.3, -0.25) is 9.69 Å². The van der Waals surface area contributed by atoms with Crippen molar-refractivity contribution in [2.24, 2.45) is 10.9 Å². The number of nitrogens with two attached hydrogens (primary N) is 1. The minimum Gasteiger partial charge on any atom is -0.333 e. The SMILES string of the molecule is C=O.C=O.CN.Cc1nc(N(C)C(=O)Cc2ccc(-c3cccc(N=O)c3)cc2)sc1C. The first-order valence-electron chi connectivity index (χ1n) is 9.36. The van der Waals surface area contributed by atoms with Gasteiger partial charge in [-0.05, 0) is 54.9 Å².